The number of piperazine rings is 1. The second-order valence-electron chi connectivity index (χ2n) is 7.90. The Balaban J connectivity index is 1.60. The average molecular weight is 368 g/mol. The molecular weight excluding hydrogens is 342 g/mol. The number of carbonyl (C=O) groups excluding carboxylic acids is 1. The van der Waals surface area contributed by atoms with Crippen molar-refractivity contribution in [3.63, 3.8) is 0 Å². The van der Waals surface area contributed by atoms with Gasteiger partial charge in [-0.3, -0.25) is 10.0 Å². The highest BCUT2D eigenvalue weighted by molar-refractivity contribution is 5.94. The molecular formula is C21H26N3O3-. The fraction of sp³-hybridized carbons (Fsp3) is 0.381. The summed E-state index contributed by atoms with van der Waals surface area (Å²) in [4.78, 5) is 16.8. The maximum Gasteiger partial charge on any atom is 0.253 e. The van der Waals surface area contributed by atoms with Crippen molar-refractivity contribution in [2.45, 2.75) is 26.2 Å². The van der Waals surface area contributed by atoms with E-state index in [-0.39, 0.29) is 22.2 Å². The second-order valence-corrected chi connectivity index (χ2v) is 7.90. The van der Waals surface area contributed by atoms with Crippen molar-refractivity contribution in [2.24, 2.45) is 0 Å². The van der Waals surface area contributed by atoms with E-state index in [0.717, 1.165) is 24.3 Å². The van der Waals surface area contributed by atoms with Crippen molar-refractivity contribution in [1.82, 2.24) is 4.90 Å². The van der Waals surface area contributed by atoms with E-state index < -0.39 is 0 Å². The molecule has 1 N–H and O–H groups in total. The number of anilines is 2. The molecule has 6 heteroatoms. The van der Waals surface area contributed by atoms with Crippen LogP contribution < -0.4 is 10.1 Å². The summed E-state index contributed by atoms with van der Waals surface area (Å²) in [6.45, 7) is 9.22. The molecule has 1 amide bonds. The topological polar surface area (TPSA) is 70.1 Å². The number of hydrogen-bond donors (Lipinski definition) is 1. The Kier molecular flexibility index (Phi) is 5.39. The van der Waals surface area contributed by atoms with Gasteiger partial charge in [-0.05, 0) is 47.4 Å². The lowest BCUT2D eigenvalue weighted by Crippen LogP contribution is -2.48. The zero-order valence-electron chi connectivity index (χ0n) is 16.1. The first-order valence-electron chi connectivity index (χ1n) is 9.17. The number of nitrogens with zero attached hydrogens (tertiary/aromatic N) is 3. The molecule has 1 saturated heterocycles. The summed E-state index contributed by atoms with van der Waals surface area (Å²) in [6.07, 6.45) is 0. The normalized spacial score (nSPS) is 15.0. The molecule has 0 atom stereocenters. The fourth-order valence-corrected chi connectivity index (χ4v) is 3.25. The molecule has 1 aliphatic heterocycles. The zero-order chi connectivity index (χ0) is 19.6. The lowest BCUT2D eigenvalue weighted by Gasteiger charge is -2.36. The molecule has 0 saturated carbocycles. The van der Waals surface area contributed by atoms with Crippen LogP contribution in [-0.2, 0) is 5.41 Å². The number of amides is 1. The Morgan fingerprint density at radius 3 is 2.00 bits per heavy atom. The largest absolute Gasteiger partial charge is 0.733 e. The van der Waals surface area contributed by atoms with E-state index in [1.54, 1.807) is 24.3 Å². The number of hydrogen-bond acceptors (Lipinski definition) is 5. The highest BCUT2D eigenvalue weighted by Gasteiger charge is 2.23. The van der Waals surface area contributed by atoms with Crippen molar-refractivity contribution in [3.8, 4) is 0 Å². The molecule has 1 heterocycles. The minimum Gasteiger partial charge on any atom is -0.733 e. The van der Waals surface area contributed by atoms with Gasteiger partial charge in [-0.15, -0.1) is 0 Å². The molecule has 6 nitrogen and oxygen atoms in total. The monoisotopic (exact) mass is 368 g/mol. The van der Waals surface area contributed by atoms with Crippen LogP contribution >= 0.6 is 0 Å². The van der Waals surface area contributed by atoms with E-state index in [2.05, 4.69) is 25.7 Å². The molecule has 0 unspecified atom stereocenters. The lowest BCUT2D eigenvalue weighted by molar-refractivity contribution is 0.0746. The summed E-state index contributed by atoms with van der Waals surface area (Å²) in [5.74, 6) is 0.0627. The zero-order valence-corrected chi connectivity index (χ0v) is 16.1. The molecule has 0 spiro atoms. The summed E-state index contributed by atoms with van der Waals surface area (Å²) in [5, 5.41) is 19.6. The fourth-order valence-electron chi connectivity index (χ4n) is 3.25. The maximum absolute atomic E-state index is 12.8. The van der Waals surface area contributed by atoms with Gasteiger partial charge in [-0.25, -0.2) is 0 Å². The van der Waals surface area contributed by atoms with Crippen molar-refractivity contribution in [1.29, 1.82) is 0 Å². The van der Waals surface area contributed by atoms with Crippen LogP contribution in [0.3, 0.4) is 0 Å². The average Bonchev–Trinajstić information content (AvgIpc) is 2.67. The van der Waals surface area contributed by atoms with E-state index in [4.69, 9.17) is 5.21 Å². The number of benzene rings is 2. The molecule has 2 aromatic rings. The summed E-state index contributed by atoms with van der Waals surface area (Å²) in [6, 6.07) is 14.7. The van der Waals surface area contributed by atoms with Crippen molar-refractivity contribution >= 4 is 17.3 Å². The molecule has 0 aromatic heterocycles. The Morgan fingerprint density at radius 2 is 1.52 bits per heavy atom. The molecule has 1 aliphatic rings. The predicted octanol–water partition coefficient (Wildman–Crippen LogP) is 3.64. The molecule has 1 fully saturated rings. The van der Waals surface area contributed by atoms with Gasteiger partial charge in [-0.2, -0.15) is 0 Å². The van der Waals surface area contributed by atoms with Crippen LogP contribution in [0.25, 0.3) is 0 Å². The maximum atomic E-state index is 12.8. The van der Waals surface area contributed by atoms with E-state index in [1.165, 1.54) is 5.56 Å². The van der Waals surface area contributed by atoms with Crippen LogP contribution in [0.4, 0.5) is 11.4 Å². The van der Waals surface area contributed by atoms with E-state index in [0.29, 0.717) is 13.1 Å². The van der Waals surface area contributed by atoms with Crippen LogP contribution in [0.5, 0.6) is 0 Å². The third kappa shape index (κ3) is 4.40. The predicted molar refractivity (Wildman–Crippen MR) is 107 cm³/mol. The van der Waals surface area contributed by atoms with Gasteiger partial charge < -0.3 is 20.2 Å². The Labute approximate surface area is 160 Å². The van der Waals surface area contributed by atoms with Crippen LogP contribution in [-0.4, -0.2) is 42.2 Å². The highest BCUT2D eigenvalue weighted by atomic mass is 16.8. The van der Waals surface area contributed by atoms with E-state index >= 15 is 0 Å². The van der Waals surface area contributed by atoms with Gasteiger partial charge in [0.15, 0.2) is 0 Å². The summed E-state index contributed by atoms with van der Waals surface area (Å²) < 4.78 is 0. The first-order chi connectivity index (χ1) is 12.8. The minimum atomic E-state index is -0.148. The number of rotatable bonds is 3. The van der Waals surface area contributed by atoms with Gasteiger partial charge in [0.05, 0.1) is 5.69 Å². The third-order valence-electron chi connectivity index (χ3n) is 5.00. The Hall–Kier alpha value is -2.57. The highest BCUT2D eigenvalue weighted by Crippen LogP contribution is 2.24. The molecule has 0 aliphatic carbocycles. The first-order valence-corrected chi connectivity index (χ1v) is 9.17. The van der Waals surface area contributed by atoms with Gasteiger partial charge in [0, 0.05) is 37.4 Å². The number of carbonyl (C=O) groups is 1. The molecule has 0 radical (unpaired) electrons. The molecule has 144 valence electrons. The molecule has 0 bridgehead atoms. The third-order valence-corrected chi connectivity index (χ3v) is 5.00. The van der Waals surface area contributed by atoms with Crippen molar-refractivity contribution in [2.75, 3.05) is 36.3 Å². The second kappa shape index (κ2) is 7.58. The quantitative estimate of drug-likeness (QED) is 0.838. The van der Waals surface area contributed by atoms with Crippen LogP contribution in [0.15, 0.2) is 48.5 Å². The standard InChI is InChI=1S/C21H26N3O3/c1-21(2,3)17-6-4-16(5-7-17)20(25)23-14-12-22(13-15-23)18-8-10-19(11-9-18)24(26)27/h4-11,26H,12-15H2,1-3H3/q-1. The van der Waals surface area contributed by atoms with Gasteiger partial charge in [-0.1, -0.05) is 32.9 Å². The molecule has 2 aromatic carbocycles. The molecule has 27 heavy (non-hydrogen) atoms. The van der Waals surface area contributed by atoms with Gasteiger partial charge in [0.25, 0.3) is 5.91 Å². The van der Waals surface area contributed by atoms with Crippen LogP contribution in [0.2, 0.25) is 0 Å². The van der Waals surface area contributed by atoms with Crippen LogP contribution in [0, 0.1) is 5.21 Å². The summed E-state index contributed by atoms with van der Waals surface area (Å²) in [7, 11) is 0. The van der Waals surface area contributed by atoms with Crippen LogP contribution in [0.1, 0.15) is 36.7 Å². The summed E-state index contributed by atoms with van der Waals surface area (Å²) in [5.41, 5.74) is 3.18. The minimum absolute atomic E-state index is 0.0627. The Morgan fingerprint density at radius 1 is 0.963 bits per heavy atom. The Bertz CT molecular complexity index is 772. The van der Waals surface area contributed by atoms with E-state index in [9.17, 15) is 10.0 Å². The smallest absolute Gasteiger partial charge is 0.253 e. The first kappa shape index (κ1) is 19.2. The molecule has 3 rings (SSSR count). The summed E-state index contributed by atoms with van der Waals surface area (Å²) >= 11 is 0. The van der Waals surface area contributed by atoms with Gasteiger partial charge in [0.2, 0.25) is 0 Å². The van der Waals surface area contributed by atoms with Gasteiger partial charge in [0.1, 0.15) is 0 Å². The van der Waals surface area contributed by atoms with Gasteiger partial charge >= 0.3 is 0 Å². The van der Waals surface area contributed by atoms with E-state index in [1.807, 2.05) is 29.2 Å². The van der Waals surface area contributed by atoms with Crippen molar-refractivity contribution < 1.29 is 10.0 Å². The SMILES string of the molecule is CC(C)(C)c1ccc(C(=O)N2CCN(c3ccc(N([O-])O)cc3)CC2)cc1. The van der Waals surface area contributed by atoms with Crippen molar-refractivity contribution in [3.05, 3.63) is 64.9 Å². The lowest BCUT2D eigenvalue weighted by atomic mass is 9.86.